The summed E-state index contributed by atoms with van der Waals surface area (Å²) in [6.45, 7) is 0.227. The van der Waals surface area contributed by atoms with Gasteiger partial charge in [0.25, 0.3) is 0 Å². The molecule has 20 heavy (non-hydrogen) atoms. The maximum atomic E-state index is 12.2. The van der Waals surface area contributed by atoms with Gasteiger partial charge in [-0.25, -0.2) is 0 Å². The Balaban J connectivity index is 2.68. The van der Waals surface area contributed by atoms with Crippen LogP contribution in [0.4, 0.5) is 24.5 Å². The number of carbonyl (C=O) groups is 1. The zero-order valence-electron chi connectivity index (χ0n) is 11.0. The second kappa shape index (κ2) is 6.32. The number of nitrogens with zero attached hydrogens (tertiary/aromatic N) is 1. The number of benzene rings is 1. The van der Waals surface area contributed by atoms with Crippen molar-refractivity contribution in [2.24, 2.45) is 0 Å². The van der Waals surface area contributed by atoms with Crippen LogP contribution in [-0.2, 0) is 4.79 Å². The molecule has 1 aromatic carbocycles. The number of likely N-dealkylation sites (N-methyl/N-ethyl adjacent to an activating group) is 1. The van der Waals surface area contributed by atoms with Gasteiger partial charge in [0.15, 0.2) is 0 Å². The lowest BCUT2D eigenvalue weighted by molar-refractivity contribution is -0.149. The highest BCUT2D eigenvalue weighted by Gasteiger charge is 2.32. The van der Waals surface area contributed by atoms with E-state index in [0.717, 1.165) is 4.90 Å². The molecule has 4 nitrogen and oxygen atoms in total. The fourth-order valence-corrected chi connectivity index (χ4v) is 1.61. The standard InChI is InChI=1S/C12H15ClF3N3O/c1-7(19(2)6-12(14,15)16)11(20)18-8-3-4-9(13)10(17)5-8/h3-5,7H,6,17H2,1-2H3,(H,18,20). The highest BCUT2D eigenvalue weighted by Crippen LogP contribution is 2.23. The summed E-state index contributed by atoms with van der Waals surface area (Å²) < 4.78 is 36.7. The highest BCUT2D eigenvalue weighted by molar-refractivity contribution is 6.33. The van der Waals surface area contributed by atoms with Crippen LogP contribution in [-0.4, -0.2) is 36.6 Å². The van der Waals surface area contributed by atoms with Gasteiger partial charge in [0.05, 0.1) is 23.3 Å². The van der Waals surface area contributed by atoms with Crippen LogP contribution in [0.1, 0.15) is 6.92 Å². The molecule has 1 aromatic rings. The number of nitrogen functional groups attached to an aromatic ring is 1. The van der Waals surface area contributed by atoms with E-state index >= 15 is 0 Å². The fourth-order valence-electron chi connectivity index (χ4n) is 1.49. The van der Waals surface area contributed by atoms with E-state index in [1.165, 1.54) is 32.2 Å². The van der Waals surface area contributed by atoms with E-state index in [1.807, 2.05) is 0 Å². The Labute approximate surface area is 119 Å². The Morgan fingerprint density at radius 1 is 1.50 bits per heavy atom. The summed E-state index contributed by atoms with van der Waals surface area (Å²) in [5.74, 6) is -0.557. The largest absolute Gasteiger partial charge is 0.401 e. The number of carbonyl (C=O) groups excluding carboxylic acids is 1. The molecule has 1 rings (SSSR count). The molecule has 0 saturated heterocycles. The number of nitrogens with two attached hydrogens (primary N) is 1. The minimum absolute atomic E-state index is 0.278. The predicted molar refractivity (Wildman–Crippen MR) is 72.6 cm³/mol. The molecule has 0 heterocycles. The lowest BCUT2D eigenvalue weighted by atomic mass is 10.2. The van der Waals surface area contributed by atoms with Crippen molar-refractivity contribution in [3.05, 3.63) is 23.2 Å². The van der Waals surface area contributed by atoms with E-state index in [0.29, 0.717) is 10.7 Å². The Kier molecular flexibility index (Phi) is 5.24. The molecule has 0 saturated carbocycles. The molecular weight excluding hydrogens is 295 g/mol. The molecule has 8 heteroatoms. The molecule has 3 N–H and O–H groups in total. The number of rotatable bonds is 4. The van der Waals surface area contributed by atoms with Crippen molar-refractivity contribution in [2.45, 2.75) is 19.1 Å². The molecule has 0 aliphatic rings. The highest BCUT2D eigenvalue weighted by atomic mass is 35.5. The number of hydrogen-bond acceptors (Lipinski definition) is 3. The second-order valence-electron chi connectivity index (χ2n) is 4.43. The molecule has 0 radical (unpaired) electrons. The zero-order chi connectivity index (χ0) is 15.5. The minimum atomic E-state index is -4.35. The second-order valence-corrected chi connectivity index (χ2v) is 4.84. The first-order valence-corrected chi connectivity index (χ1v) is 6.11. The molecule has 0 aromatic heterocycles. The van der Waals surface area contributed by atoms with E-state index in [-0.39, 0.29) is 5.69 Å². The van der Waals surface area contributed by atoms with Crippen LogP contribution in [0.3, 0.4) is 0 Å². The van der Waals surface area contributed by atoms with E-state index < -0.39 is 24.7 Å². The van der Waals surface area contributed by atoms with Gasteiger partial charge in [-0.05, 0) is 32.2 Å². The summed E-state index contributed by atoms with van der Waals surface area (Å²) in [7, 11) is 1.23. The van der Waals surface area contributed by atoms with Crippen LogP contribution in [0.25, 0.3) is 0 Å². The van der Waals surface area contributed by atoms with E-state index in [1.54, 1.807) is 0 Å². The molecule has 0 bridgehead atoms. The van der Waals surface area contributed by atoms with Gasteiger partial charge < -0.3 is 11.1 Å². The SMILES string of the molecule is CC(C(=O)Nc1ccc(Cl)c(N)c1)N(C)CC(F)(F)F. The van der Waals surface area contributed by atoms with Crippen molar-refractivity contribution in [2.75, 3.05) is 24.6 Å². The van der Waals surface area contributed by atoms with Crippen LogP contribution >= 0.6 is 11.6 Å². The lowest BCUT2D eigenvalue weighted by Gasteiger charge is -2.24. The Morgan fingerprint density at radius 3 is 2.60 bits per heavy atom. The molecule has 0 aliphatic heterocycles. The average Bonchev–Trinajstić information content (AvgIpc) is 2.30. The van der Waals surface area contributed by atoms with Gasteiger partial charge in [-0.1, -0.05) is 11.6 Å². The molecule has 112 valence electrons. The van der Waals surface area contributed by atoms with E-state index in [2.05, 4.69) is 5.32 Å². The Hall–Kier alpha value is -1.47. The molecule has 1 atom stereocenters. The maximum absolute atomic E-state index is 12.2. The number of hydrogen-bond donors (Lipinski definition) is 2. The lowest BCUT2D eigenvalue weighted by Crippen LogP contribution is -2.44. The van der Waals surface area contributed by atoms with Crippen LogP contribution < -0.4 is 11.1 Å². The van der Waals surface area contributed by atoms with Gasteiger partial charge in [0.1, 0.15) is 0 Å². The predicted octanol–water partition coefficient (Wildman–Crippen LogP) is 2.74. The van der Waals surface area contributed by atoms with Gasteiger partial charge in [-0.2, -0.15) is 13.2 Å². The summed E-state index contributed by atoms with van der Waals surface area (Å²) >= 11 is 5.73. The van der Waals surface area contributed by atoms with Crippen molar-refractivity contribution in [3.63, 3.8) is 0 Å². The summed E-state index contributed by atoms with van der Waals surface area (Å²) in [5, 5.41) is 2.83. The molecule has 0 fully saturated rings. The van der Waals surface area contributed by atoms with E-state index in [9.17, 15) is 18.0 Å². The fraction of sp³-hybridized carbons (Fsp3) is 0.417. The van der Waals surface area contributed by atoms with Gasteiger partial charge in [-0.15, -0.1) is 0 Å². The van der Waals surface area contributed by atoms with Crippen molar-refractivity contribution in [3.8, 4) is 0 Å². The van der Waals surface area contributed by atoms with Crippen molar-refractivity contribution >= 4 is 28.9 Å². The molecule has 0 spiro atoms. The molecule has 1 amide bonds. The number of halogens is 4. The number of nitrogens with one attached hydrogen (secondary N) is 1. The molecule has 0 aliphatic carbocycles. The van der Waals surface area contributed by atoms with Crippen LogP contribution in [0.15, 0.2) is 18.2 Å². The van der Waals surface area contributed by atoms with Gasteiger partial charge in [0, 0.05) is 5.69 Å². The average molecular weight is 310 g/mol. The van der Waals surface area contributed by atoms with Gasteiger partial charge in [0.2, 0.25) is 5.91 Å². The summed E-state index contributed by atoms with van der Waals surface area (Å²) in [4.78, 5) is 12.8. The third kappa shape index (κ3) is 4.90. The monoisotopic (exact) mass is 309 g/mol. The van der Waals surface area contributed by atoms with Gasteiger partial charge >= 0.3 is 6.18 Å². The van der Waals surface area contributed by atoms with E-state index in [4.69, 9.17) is 17.3 Å². The minimum Gasteiger partial charge on any atom is -0.397 e. The number of alkyl halides is 3. The maximum Gasteiger partial charge on any atom is 0.401 e. The quantitative estimate of drug-likeness (QED) is 0.841. The summed E-state index contributed by atoms with van der Waals surface area (Å²) in [6, 6.07) is 3.52. The number of anilines is 2. The topological polar surface area (TPSA) is 58.4 Å². The third-order valence-electron chi connectivity index (χ3n) is 2.73. The van der Waals surface area contributed by atoms with Crippen LogP contribution in [0.5, 0.6) is 0 Å². The third-order valence-corrected chi connectivity index (χ3v) is 3.08. The van der Waals surface area contributed by atoms with Crippen LogP contribution in [0, 0.1) is 0 Å². The Morgan fingerprint density at radius 2 is 2.10 bits per heavy atom. The number of amides is 1. The van der Waals surface area contributed by atoms with Crippen molar-refractivity contribution in [1.29, 1.82) is 0 Å². The Bertz CT molecular complexity index is 493. The van der Waals surface area contributed by atoms with Crippen LogP contribution in [0.2, 0.25) is 5.02 Å². The summed E-state index contributed by atoms with van der Waals surface area (Å²) in [5.41, 5.74) is 6.23. The first-order chi connectivity index (χ1) is 9.10. The molecule has 1 unspecified atom stereocenters. The van der Waals surface area contributed by atoms with Gasteiger partial charge in [-0.3, -0.25) is 9.69 Å². The van der Waals surface area contributed by atoms with Crippen molar-refractivity contribution in [1.82, 2.24) is 4.90 Å². The first-order valence-electron chi connectivity index (χ1n) is 5.73. The zero-order valence-corrected chi connectivity index (χ0v) is 11.7. The summed E-state index contributed by atoms with van der Waals surface area (Å²) in [6.07, 6.45) is -4.35. The van der Waals surface area contributed by atoms with Crippen molar-refractivity contribution < 1.29 is 18.0 Å². The smallest absolute Gasteiger partial charge is 0.397 e. The molecular formula is C12H15ClF3N3O. The first kappa shape index (κ1) is 16.6. The normalized spacial score (nSPS) is 13.3.